The van der Waals surface area contributed by atoms with E-state index in [1.165, 1.54) is 0 Å². The Kier molecular flexibility index (Phi) is 6.42. The van der Waals surface area contributed by atoms with Crippen LogP contribution >= 0.6 is 0 Å². The first-order valence-corrected chi connectivity index (χ1v) is 16.6. The Morgan fingerprint density at radius 1 is 0.320 bits per heavy atom. The summed E-state index contributed by atoms with van der Waals surface area (Å²) in [7, 11) is 0. The minimum atomic E-state index is 0.567. The molecule has 0 aliphatic carbocycles. The van der Waals surface area contributed by atoms with Crippen LogP contribution in [-0.4, -0.2) is 15.0 Å². The van der Waals surface area contributed by atoms with Crippen LogP contribution in [0.1, 0.15) is 0 Å². The summed E-state index contributed by atoms with van der Waals surface area (Å²) in [6.45, 7) is 0. The zero-order valence-corrected chi connectivity index (χ0v) is 26.7. The SMILES string of the molecule is c1ccc(-c2ccc(-c3nc(-c4ccccc4)nc(-c4c(-c5ccc6c(c5)oc5ccccc56)ccc5oc6ccccc6c45)n3)cc2)cc1. The predicted molar refractivity (Wildman–Crippen MR) is 202 cm³/mol. The molecule has 0 amide bonds. The molecule has 0 aliphatic heterocycles. The van der Waals surface area contributed by atoms with E-state index >= 15 is 0 Å². The topological polar surface area (TPSA) is 65.0 Å². The highest BCUT2D eigenvalue weighted by atomic mass is 16.3. The quantitative estimate of drug-likeness (QED) is 0.187. The van der Waals surface area contributed by atoms with Gasteiger partial charge in [-0.25, -0.2) is 15.0 Å². The van der Waals surface area contributed by atoms with E-state index in [2.05, 4.69) is 84.9 Å². The van der Waals surface area contributed by atoms with Gasteiger partial charge in [-0.3, -0.25) is 0 Å². The fourth-order valence-corrected chi connectivity index (χ4v) is 6.96. The molecule has 7 aromatic carbocycles. The standard InChI is InChI=1S/C45H27N3O2/c1-3-11-28(12-4-1)29-19-21-31(22-20-29)44-46-43(30-13-5-2-6-14-30)47-45(48-44)42-33(25-26-39-41(42)36-16-8-10-18-38(36)49-39)32-23-24-35-34-15-7-9-17-37(34)50-40(35)27-32/h1-27H. The number of rotatable bonds is 5. The number of furan rings is 2. The second-order valence-corrected chi connectivity index (χ2v) is 12.4. The molecule has 0 spiro atoms. The van der Waals surface area contributed by atoms with Gasteiger partial charge in [-0.1, -0.05) is 127 Å². The molecule has 0 N–H and O–H groups in total. The van der Waals surface area contributed by atoms with Crippen molar-refractivity contribution in [2.24, 2.45) is 0 Å². The van der Waals surface area contributed by atoms with Gasteiger partial charge in [0, 0.05) is 38.2 Å². The Balaban J connectivity index is 1.24. The summed E-state index contributed by atoms with van der Waals surface area (Å²) in [4.78, 5) is 15.5. The van der Waals surface area contributed by atoms with Crippen LogP contribution in [0.25, 0.3) is 100 Å². The van der Waals surface area contributed by atoms with Crippen LogP contribution in [0.4, 0.5) is 0 Å². The summed E-state index contributed by atoms with van der Waals surface area (Å²) >= 11 is 0. The van der Waals surface area contributed by atoms with Crippen molar-refractivity contribution in [1.29, 1.82) is 0 Å². The van der Waals surface area contributed by atoms with Crippen molar-refractivity contribution in [2.45, 2.75) is 0 Å². The zero-order chi connectivity index (χ0) is 33.0. The molecule has 0 bridgehead atoms. The normalized spacial score (nSPS) is 11.6. The van der Waals surface area contributed by atoms with Gasteiger partial charge in [0.05, 0.1) is 0 Å². The molecule has 10 rings (SSSR count). The second kappa shape index (κ2) is 11.4. The second-order valence-electron chi connectivity index (χ2n) is 12.4. The molecular weight excluding hydrogens is 615 g/mol. The largest absolute Gasteiger partial charge is 0.456 e. The fourth-order valence-electron chi connectivity index (χ4n) is 6.96. The molecule has 10 aromatic rings. The van der Waals surface area contributed by atoms with Crippen molar-refractivity contribution >= 4 is 43.9 Å². The van der Waals surface area contributed by atoms with Gasteiger partial charge in [0.15, 0.2) is 17.5 Å². The van der Waals surface area contributed by atoms with Crippen LogP contribution in [0.5, 0.6) is 0 Å². The molecule has 3 heterocycles. The summed E-state index contributed by atoms with van der Waals surface area (Å²) in [5.74, 6) is 1.76. The molecule has 0 atom stereocenters. The van der Waals surface area contributed by atoms with E-state index in [1.807, 2.05) is 78.9 Å². The number of hydrogen-bond donors (Lipinski definition) is 0. The average molecular weight is 642 g/mol. The Labute approximate surface area is 287 Å². The van der Waals surface area contributed by atoms with Crippen LogP contribution in [0.3, 0.4) is 0 Å². The van der Waals surface area contributed by atoms with Crippen LogP contribution in [0.2, 0.25) is 0 Å². The van der Waals surface area contributed by atoms with Crippen molar-refractivity contribution in [3.8, 4) is 56.4 Å². The summed E-state index contributed by atoms with van der Waals surface area (Å²) in [5.41, 5.74) is 10.2. The van der Waals surface area contributed by atoms with E-state index in [0.29, 0.717) is 17.5 Å². The minimum Gasteiger partial charge on any atom is -0.456 e. The van der Waals surface area contributed by atoms with Crippen LogP contribution in [0, 0.1) is 0 Å². The summed E-state index contributed by atoms with van der Waals surface area (Å²) in [5, 5.41) is 4.13. The maximum atomic E-state index is 6.41. The first-order chi connectivity index (χ1) is 24.8. The van der Waals surface area contributed by atoms with Crippen molar-refractivity contribution in [2.75, 3.05) is 0 Å². The van der Waals surface area contributed by atoms with E-state index in [9.17, 15) is 0 Å². The molecule has 0 radical (unpaired) electrons. The molecule has 0 saturated heterocycles. The third-order valence-corrected chi connectivity index (χ3v) is 9.37. The van der Waals surface area contributed by atoms with Gasteiger partial charge >= 0.3 is 0 Å². The number of para-hydroxylation sites is 2. The van der Waals surface area contributed by atoms with Crippen molar-refractivity contribution in [3.05, 3.63) is 164 Å². The fraction of sp³-hybridized carbons (Fsp3) is 0. The third kappa shape index (κ3) is 4.67. The minimum absolute atomic E-state index is 0.567. The zero-order valence-electron chi connectivity index (χ0n) is 26.7. The van der Waals surface area contributed by atoms with Crippen molar-refractivity contribution in [1.82, 2.24) is 15.0 Å². The van der Waals surface area contributed by atoms with E-state index in [1.54, 1.807) is 0 Å². The summed E-state index contributed by atoms with van der Waals surface area (Å²) < 4.78 is 12.7. The molecule has 0 fully saturated rings. The smallest absolute Gasteiger partial charge is 0.165 e. The van der Waals surface area contributed by atoms with E-state index < -0.39 is 0 Å². The number of benzene rings is 7. The lowest BCUT2D eigenvalue weighted by Crippen LogP contribution is -2.01. The summed E-state index contributed by atoms with van der Waals surface area (Å²) in [6, 6.07) is 55.7. The van der Waals surface area contributed by atoms with Gasteiger partial charge in [0.1, 0.15) is 22.3 Å². The lowest BCUT2D eigenvalue weighted by Gasteiger charge is -2.14. The lowest BCUT2D eigenvalue weighted by molar-refractivity contribution is 0.669. The number of fused-ring (bicyclic) bond motifs is 6. The van der Waals surface area contributed by atoms with Crippen molar-refractivity contribution in [3.63, 3.8) is 0 Å². The molecule has 0 saturated carbocycles. The number of hydrogen-bond acceptors (Lipinski definition) is 5. The average Bonchev–Trinajstić information content (AvgIpc) is 3.76. The molecule has 3 aromatic heterocycles. The Morgan fingerprint density at radius 3 is 1.56 bits per heavy atom. The number of aromatic nitrogens is 3. The highest BCUT2D eigenvalue weighted by molar-refractivity contribution is 6.16. The monoisotopic (exact) mass is 641 g/mol. The molecule has 234 valence electrons. The first-order valence-electron chi connectivity index (χ1n) is 16.6. The molecule has 5 heteroatoms. The van der Waals surface area contributed by atoms with Crippen LogP contribution in [0.15, 0.2) is 173 Å². The highest BCUT2D eigenvalue weighted by Gasteiger charge is 2.22. The molecular formula is C45H27N3O2. The Bertz CT molecular complexity index is 2850. The van der Waals surface area contributed by atoms with E-state index in [-0.39, 0.29) is 0 Å². The van der Waals surface area contributed by atoms with Gasteiger partial charge < -0.3 is 8.83 Å². The molecule has 5 nitrogen and oxygen atoms in total. The summed E-state index contributed by atoms with van der Waals surface area (Å²) in [6.07, 6.45) is 0. The van der Waals surface area contributed by atoms with Crippen LogP contribution in [-0.2, 0) is 0 Å². The Morgan fingerprint density at radius 2 is 0.820 bits per heavy atom. The molecule has 0 unspecified atom stereocenters. The molecule has 0 aliphatic rings. The Hall–Kier alpha value is -6.85. The van der Waals surface area contributed by atoms with Gasteiger partial charge in [-0.2, -0.15) is 0 Å². The highest BCUT2D eigenvalue weighted by Crippen LogP contribution is 2.43. The third-order valence-electron chi connectivity index (χ3n) is 9.37. The van der Waals surface area contributed by atoms with Gasteiger partial charge in [0.25, 0.3) is 0 Å². The van der Waals surface area contributed by atoms with E-state index in [0.717, 1.165) is 82.8 Å². The maximum Gasteiger partial charge on any atom is 0.165 e. The van der Waals surface area contributed by atoms with Gasteiger partial charge in [-0.05, 0) is 58.7 Å². The van der Waals surface area contributed by atoms with Gasteiger partial charge in [-0.15, -0.1) is 0 Å². The maximum absolute atomic E-state index is 6.41. The molecule has 50 heavy (non-hydrogen) atoms. The van der Waals surface area contributed by atoms with Crippen LogP contribution < -0.4 is 0 Å². The predicted octanol–water partition coefficient (Wildman–Crippen LogP) is 12.0. The first kappa shape index (κ1) is 28.2. The van der Waals surface area contributed by atoms with E-state index in [4.69, 9.17) is 23.8 Å². The lowest BCUT2D eigenvalue weighted by atomic mass is 9.94. The van der Waals surface area contributed by atoms with Gasteiger partial charge in [0.2, 0.25) is 0 Å². The van der Waals surface area contributed by atoms with Crippen molar-refractivity contribution < 1.29 is 8.83 Å². The number of nitrogens with zero attached hydrogens (tertiary/aromatic N) is 3.